The van der Waals surface area contributed by atoms with Crippen molar-refractivity contribution in [1.82, 2.24) is 5.32 Å². The SMILES string of the molecule is O=S1(=O)CCC(NCc2cc(Br)c(Cl)s2)C1. The standard InChI is InChI=1S/C9H11BrClNO2S2/c10-8-3-7(15-9(8)11)4-12-6-1-2-16(13,14)5-6/h3,6,12H,1-2,4-5H2. The van der Waals surface area contributed by atoms with Crippen LogP contribution < -0.4 is 5.32 Å². The summed E-state index contributed by atoms with van der Waals surface area (Å²) >= 11 is 10.8. The molecule has 0 saturated carbocycles. The van der Waals surface area contributed by atoms with Gasteiger partial charge in [-0.25, -0.2) is 8.42 Å². The Labute approximate surface area is 112 Å². The number of thiophene rings is 1. The van der Waals surface area contributed by atoms with E-state index in [4.69, 9.17) is 11.6 Å². The molecular weight excluding hydrogens is 334 g/mol. The molecule has 16 heavy (non-hydrogen) atoms. The Balaban J connectivity index is 1.89. The normalized spacial score (nSPS) is 23.8. The van der Waals surface area contributed by atoms with Gasteiger partial charge >= 0.3 is 0 Å². The van der Waals surface area contributed by atoms with E-state index in [9.17, 15) is 8.42 Å². The predicted octanol–water partition coefficient (Wildman–Crippen LogP) is 2.44. The summed E-state index contributed by atoms with van der Waals surface area (Å²) in [5.41, 5.74) is 0. The lowest BCUT2D eigenvalue weighted by Crippen LogP contribution is -2.29. The van der Waals surface area contributed by atoms with Gasteiger partial charge in [0, 0.05) is 21.9 Å². The van der Waals surface area contributed by atoms with Gasteiger partial charge in [-0.2, -0.15) is 0 Å². The van der Waals surface area contributed by atoms with Crippen LogP contribution in [0.1, 0.15) is 11.3 Å². The smallest absolute Gasteiger partial charge is 0.151 e. The van der Waals surface area contributed by atoms with Crippen LogP contribution in [0.5, 0.6) is 0 Å². The summed E-state index contributed by atoms with van der Waals surface area (Å²) in [5, 5.41) is 3.25. The molecule has 1 aromatic rings. The fourth-order valence-electron chi connectivity index (χ4n) is 1.68. The average Bonchev–Trinajstić information content (AvgIpc) is 2.68. The Hall–Kier alpha value is 0.380. The van der Waals surface area contributed by atoms with Crippen molar-refractivity contribution in [2.45, 2.75) is 19.0 Å². The molecule has 1 fully saturated rings. The molecular formula is C9H11BrClNO2S2. The van der Waals surface area contributed by atoms with Crippen LogP contribution in [0.15, 0.2) is 10.5 Å². The molecule has 0 spiro atoms. The molecule has 90 valence electrons. The monoisotopic (exact) mass is 343 g/mol. The van der Waals surface area contributed by atoms with Crippen LogP contribution in [0.2, 0.25) is 4.34 Å². The molecule has 0 aromatic carbocycles. The van der Waals surface area contributed by atoms with Gasteiger partial charge in [0.2, 0.25) is 0 Å². The summed E-state index contributed by atoms with van der Waals surface area (Å²) in [5.74, 6) is 0.562. The van der Waals surface area contributed by atoms with Crippen LogP contribution in [-0.4, -0.2) is 26.0 Å². The summed E-state index contributed by atoms with van der Waals surface area (Å²) in [4.78, 5) is 1.11. The third kappa shape index (κ3) is 3.20. The van der Waals surface area contributed by atoms with Gasteiger partial charge in [-0.1, -0.05) is 11.6 Å². The summed E-state index contributed by atoms with van der Waals surface area (Å²) in [6.45, 7) is 0.677. The molecule has 1 aliphatic rings. The van der Waals surface area contributed by atoms with Crippen LogP contribution >= 0.6 is 38.9 Å². The van der Waals surface area contributed by atoms with Crippen LogP contribution in [0.25, 0.3) is 0 Å². The molecule has 3 nitrogen and oxygen atoms in total. The first-order valence-electron chi connectivity index (χ1n) is 4.84. The Kier molecular flexibility index (Phi) is 3.96. The van der Waals surface area contributed by atoms with Gasteiger partial charge in [0.1, 0.15) is 4.34 Å². The summed E-state index contributed by atoms with van der Waals surface area (Å²) in [7, 11) is -2.80. The molecule has 0 amide bonds. The summed E-state index contributed by atoms with van der Waals surface area (Å²) < 4.78 is 24.1. The van der Waals surface area contributed by atoms with E-state index in [0.717, 1.165) is 13.7 Å². The minimum absolute atomic E-state index is 0.0876. The van der Waals surface area contributed by atoms with Gasteiger partial charge in [-0.05, 0) is 28.4 Å². The summed E-state index contributed by atoms with van der Waals surface area (Å²) in [6.07, 6.45) is 0.711. The lowest BCUT2D eigenvalue weighted by atomic mass is 10.2. The topological polar surface area (TPSA) is 46.2 Å². The quantitative estimate of drug-likeness (QED) is 0.916. The number of sulfone groups is 1. The number of hydrogen-bond acceptors (Lipinski definition) is 4. The minimum Gasteiger partial charge on any atom is -0.308 e. The largest absolute Gasteiger partial charge is 0.308 e. The lowest BCUT2D eigenvalue weighted by Gasteiger charge is -2.08. The van der Waals surface area contributed by atoms with Crippen molar-refractivity contribution < 1.29 is 8.42 Å². The Morgan fingerprint density at radius 1 is 1.62 bits per heavy atom. The van der Waals surface area contributed by atoms with Crippen molar-refractivity contribution in [3.63, 3.8) is 0 Å². The third-order valence-electron chi connectivity index (χ3n) is 2.49. The molecule has 0 radical (unpaired) electrons. The van der Waals surface area contributed by atoms with Crippen molar-refractivity contribution >= 4 is 48.7 Å². The molecule has 1 N–H and O–H groups in total. The van der Waals surface area contributed by atoms with Crippen molar-refractivity contribution in [1.29, 1.82) is 0 Å². The Morgan fingerprint density at radius 2 is 2.38 bits per heavy atom. The first-order valence-corrected chi connectivity index (χ1v) is 8.65. The van der Waals surface area contributed by atoms with Gasteiger partial charge in [0.05, 0.1) is 11.5 Å². The second-order valence-corrected chi connectivity index (χ2v) is 8.64. The molecule has 1 saturated heterocycles. The van der Waals surface area contributed by atoms with Crippen molar-refractivity contribution in [3.8, 4) is 0 Å². The average molecular weight is 345 g/mol. The van der Waals surface area contributed by atoms with Crippen LogP contribution in [0.3, 0.4) is 0 Å². The Bertz CT molecular complexity index is 466. The van der Waals surface area contributed by atoms with E-state index in [1.54, 1.807) is 0 Å². The molecule has 2 rings (SSSR count). The van der Waals surface area contributed by atoms with Gasteiger partial charge in [0.15, 0.2) is 9.84 Å². The summed E-state index contributed by atoms with van der Waals surface area (Å²) in [6, 6.07) is 2.05. The third-order valence-corrected chi connectivity index (χ3v) is 6.74. The van der Waals surface area contributed by atoms with Gasteiger partial charge in [0.25, 0.3) is 0 Å². The number of halogens is 2. The molecule has 1 aromatic heterocycles. The first-order chi connectivity index (χ1) is 7.46. The lowest BCUT2D eigenvalue weighted by molar-refractivity contribution is 0.557. The van der Waals surface area contributed by atoms with Crippen LogP contribution in [-0.2, 0) is 16.4 Å². The fourth-order valence-corrected chi connectivity index (χ4v) is 5.13. The highest BCUT2D eigenvalue weighted by atomic mass is 79.9. The van der Waals surface area contributed by atoms with E-state index in [2.05, 4.69) is 21.2 Å². The maximum Gasteiger partial charge on any atom is 0.151 e. The van der Waals surface area contributed by atoms with Gasteiger partial charge < -0.3 is 5.32 Å². The fraction of sp³-hybridized carbons (Fsp3) is 0.556. The van der Waals surface area contributed by atoms with E-state index >= 15 is 0 Å². The zero-order chi connectivity index (χ0) is 11.8. The zero-order valence-electron chi connectivity index (χ0n) is 8.37. The number of hydrogen-bond donors (Lipinski definition) is 1. The molecule has 1 atom stereocenters. The van der Waals surface area contributed by atoms with Crippen molar-refractivity contribution in [3.05, 3.63) is 19.8 Å². The maximum atomic E-state index is 11.2. The number of rotatable bonds is 3. The van der Waals surface area contributed by atoms with E-state index in [0.29, 0.717) is 18.7 Å². The number of nitrogens with one attached hydrogen (secondary N) is 1. The molecule has 7 heteroatoms. The van der Waals surface area contributed by atoms with Crippen LogP contribution in [0, 0.1) is 0 Å². The van der Waals surface area contributed by atoms with E-state index < -0.39 is 9.84 Å². The second-order valence-electron chi connectivity index (χ2n) is 3.82. The molecule has 1 unspecified atom stereocenters. The zero-order valence-corrected chi connectivity index (χ0v) is 12.3. The van der Waals surface area contributed by atoms with E-state index in [-0.39, 0.29) is 11.8 Å². The van der Waals surface area contributed by atoms with Crippen molar-refractivity contribution in [2.75, 3.05) is 11.5 Å². The molecule has 0 bridgehead atoms. The highest BCUT2D eigenvalue weighted by Gasteiger charge is 2.27. The van der Waals surface area contributed by atoms with E-state index in [1.165, 1.54) is 11.3 Å². The maximum absolute atomic E-state index is 11.2. The minimum atomic E-state index is -2.80. The predicted molar refractivity (Wildman–Crippen MR) is 70.9 cm³/mol. The molecule has 0 aliphatic carbocycles. The molecule has 2 heterocycles. The second kappa shape index (κ2) is 4.94. The highest BCUT2D eigenvalue weighted by Crippen LogP contribution is 2.31. The highest BCUT2D eigenvalue weighted by molar-refractivity contribution is 9.10. The Morgan fingerprint density at radius 3 is 2.88 bits per heavy atom. The first kappa shape index (κ1) is 12.8. The van der Waals surface area contributed by atoms with Gasteiger partial charge in [-0.3, -0.25) is 0 Å². The van der Waals surface area contributed by atoms with Crippen molar-refractivity contribution in [2.24, 2.45) is 0 Å². The van der Waals surface area contributed by atoms with E-state index in [1.807, 2.05) is 6.07 Å². The van der Waals surface area contributed by atoms with Gasteiger partial charge in [-0.15, -0.1) is 11.3 Å². The van der Waals surface area contributed by atoms with Crippen LogP contribution in [0.4, 0.5) is 0 Å². The molecule has 1 aliphatic heterocycles.